The number of nitrogens with zero attached hydrogens (tertiary/aromatic N) is 2. The number of nitrogens with one attached hydrogen (secondary N) is 3. The molecule has 5 aromatic rings. The van der Waals surface area contributed by atoms with E-state index in [2.05, 4.69) is 21.1 Å². The molecule has 0 saturated carbocycles. The third kappa shape index (κ3) is 8.73. The van der Waals surface area contributed by atoms with Crippen molar-refractivity contribution in [3.63, 3.8) is 0 Å². The Morgan fingerprint density at radius 2 is 1.46 bits per heavy atom. The number of halogens is 1. The third-order valence-electron chi connectivity index (χ3n) is 7.42. The van der Waals surface area contributed by atoms with Crippen molar-refractivity contribution < 1.29 is 19.2 Å². The van der Waals surface area contributed by atoms with E-state index >= 15 is 0 Å². The second-order valence-electron chi connectivity index (χ2n) is 11.1. The van der Waals surface area contributed by atoms with Gasteiger partial charge in [0.1, 0.15) is 16.8 Å². The molecular formula is C39H30ClN5O4S. The van der Waals surface area contributed by atoms with E-state index in [0.717, 1.165) is 5.56 Å². The van der Waals surface area contributed by atoms with Crippen molar-refractivity contribution in [2.75, 3.05) is 10.3 Å². The summed E-state index contributed by atoms with van der Waals surface area (Å²) in [6, 6.07) is 40.8. The van der Waals surface area contributed by atoms with Crippen molar-refractivity contribution in [2.24, 2.45) is 5.10 Å². The molecule has 11 heteroatoms. The van der Waals surface area contributed by atoms with Crippen molar-refractivity contribution in [2.45, 2.75) is 16.6 Å². The van der Waals surface area contributed by atoms with Crippen molar-refractivity contribution in [3.05, 3.63) is 167 Å². The zero-order chi connectivity index (χ0) is 34.9. The first-order chi connectivity index (χ1) is 24.3. The first-order valence-corrected chi connectivity index (χ1v) is 16.8. The van der Waals surface area contributed by atoms with Gasteiger partial charge in [-0.2, -0.15) is 10.1 Å². The molecule has 0 fully saturated rings. The molecule has 0 spiro atoms. The van der Waals surface area contributed by atoms with Gasteiger partial charge in [0.05, 0.1) is 12.1 Å². The molecule has 1 atom stereocenters. The molecule has 0 aromatic heterocycles. The van der Waals surface area contributed by atoms with Gasteiger partial charge in [0.2, 0.25) is 5.91 Å². The fraction of sp³-hybridized carbons (Fsp3) is 0.0513. The molecule has 0 aliphatic carbocycles. The third-order valence-corrected chi connectivity index (χ3v) is 8.90. The van der Waals surface area contributed by atoms with Crippen molar-refractivity contribution >= 4 is 70.3 Å². The van der Waals surface area contributed by atoms with Crippen LogP contribution in [0.25, 0.3) is 6.08 Å². The van der Waals surface area contributed by atoms with Gasteiger partial charge in [-0.1, -0.05) is 96.5 Å². The summed E-state index contributed by atoms with van der Waals surface area (Å²) in [6.07, 6.45) is 1.51. The zero-order valence-electron chi connectivity index (χ0n) is 26.5. The van der Waals surface area contributed by atoms with E-state index in [1.807, 2.05) is 54.6 Å². The Hall–Kier alpha value is -5.97. The molecule has 0 bridgehead atoms. The summed E-state index contributed by atoms with van der Waals surface area (Å²) < 4.78 is 0. The molecule has 1 aliphatic rings. The monoisotopic (exact) mass is 699 g/mol. The number of amides is 4. The predicted molar refractivity (Wildman–Crippen MR) is 198 cm³/mol. The molecule has 0 saturated heterocycles. The highest BCUT2D eigenvalue weighted by molar-refractivity contribution is 8.00. The number of thioether (sulfide) groups is 1. The van der Waals surface area contributed by atoms with Gasteiger partial charge in [-0.15, -0.1) is 11.8 Å². The van der Waals surface area contributed by atoms with Gasteiger partial charge < -0.3 is 16.0 Å². The highest BCUT2D eigenvalue weighted by Crippen LogP contribution is 2.37. The number of hydrogen-bond acceptors (Lipinski definition) is 6. The molecule has 3 N–H and O–H groups in total. The zero-order valence-corrected chi connectivity index (χ0v) is 28.0. The van der Waals surface area contributed by atoms with Gasteiger partial charge in [-0.05, 0) is 71.8 Å². The van der Waals surface area contributed by atoms with Gasteiger partial charge in [0.15, 0.2) is 0 Å². The average molecular weight is 700 g/mol. The largest absolute Gasteiger partial charge is 0.321 e. The summed E-state index contributed by atoms with van der Waals surface area (Å²) >= 11 is 7.46. The smallest absolute Gasteiger partial charge is 0.272 e. The topological polar surface area (TPSA) is 120 Å². The Labute approximate surface area is 298 Å². The van der Waals surface area contributed by atoms with E-state index in [1.165, 1.54) is 16.8 Å². The highest BCUT2D eigenvalue weighted by atomic mass is 35.5. The van der Waals surface area contributed by atoms with Crippen LogP contribution >= 0.6 is 23.4 Å². The average Bonchev–Trinajstić information content (AvgIpc) is 3.50. The van der Waals surface area contributed by atoms with Gasteiger partial charge in [0, 0.05) is 21.2 Å². The normalized spacial score (nSPS) is 13.3. The Morgan fingerprint density at radius 1 is 0.780 bits per heavy atom. The number of para-hydroxylation sites is 1. The molecule has 50 heavy (non-hydrogen) atoms. The number of rotatable bonds is 10. The highest BCUT2D eigenvalue weighted by Gasteiger charge is 2.29. The SMILES string of the molecule is O=C(Nc1cccc(SC(C(=O)NC2=NN(c3ccccc3)C(=O)C2)c2ccccc2)c1)/C(=C/c1cccc(Cl)c1)NC(=O)c1ccccc1. The van der Waals surface area contributed by atoms with Crippen molar-refractivity contribution in [1.82, 2.24) is 10.6 Å². The molecule has 1 aliphatic heterocycles. The Balaban J connectivity index is 1.21. The van der Waals surface area contributed by atoms with Crippen LogP contribution in [0.2, 0.25) is 5.02 Å². The summed E-state index contributed by atoms with van der Waals surface area (Å²) in [6.45, 7) is 0. The quantitative estimate of drug-likeness (QED) is 0.103. The van der Waals surface area contributed by atoms with Crippen LogP contribution < -0.4 is 21.0 Å². The van der Waals surface area contributed by atoms with Gasteiger partial charge in [-0.25, -0.2) is 0 Å². The molecule has 248 valence electrons. The number of hydrogen-bond donors (Lipinski definition) is 3. The van der Waals surface area contributed by atoms with Crippen LogP contribution in [-0.4, -0.2) is 29.5 Å². The summed E-state index contributed by atoms with van der Waals surface area (Å²) in [5.74, 6) is -1.35. The van der Waals surface area contributed by atoms with Crippen molar-refractivity contribution in [1.29, 1.82) is 0 Å². The van der Waals surface area contributed by atoms with Crippen LogP contribution in [0.1, 0.15) is 33.2 Å². The summed E-state index contributed by atoms with van der Waals surface area (Å²) in [5, 5.41) is 13.9. The minimum absolute atomic E-state index is 0.0112. The summed E-state index contributed by atoms with van der Waals surface area (Å²) in [4.78, 5) is 53.8. The van der Waals surface area contributed by atoms with Crippen LogP contribution in [0.4, 0.5) is 11.4 Å². The van der Waals surface area contributed by atoms with E-state index in [4.69, 9.17) is 11.6 Å². The summed E-state index contributed by atoms with van der Waals surface area (Å²) in [5.41, 5.74) is 2.82. The maximum absolute atomic E-state index is 13.8. The number of carbonyl (C=O) groups excluding carboxylic acids is 4. The van der Waals surface area contributed by atoms with E-state index < -0.39 is 17.1 Å². The van der Waals surface area contributed by atoms with E-state index in [1.54, 1.807) is 91.0 Å². The molecule has 6 rings (SSSR count). The maximum atomic E-state index is 13.8. The lowest BCUT2D eigenvalue weighted by atomic mass is 10.1. The molecule has 4 amide bonds. The van der Waals surface area contributed by atoms with Crippen LogP contribution in [0, 0.1) is 0 Å². The van der Waals surface area contributed by atoms with Crippen LogP contribution in [0.5, 0.6) is 0 Å². The lowest BCUT2D eigenvalue weighted by molar-refractivity contribution is -0.119. The van der Waals surface area contributed by atoms with Crippen molar-refractivity contribution in [3.8, 4) is 0 Å². The van der Waals surface area contributed by atoms with E-state index in [0.29, 0.717) is 32.4 Å². The maximum Gasteiger partial charge on any atom is 0.272 e. The molecule has 5 aromatic carbocycles. The van der Waals surface area contributed by atoms with Gasteiger partial charge in [-0.3, -0.25) is 19.2 Å². The number of hydrazone groups is 1. The second-order valence-corrected chi connectivity index (χ2v) is 12.7. The molecular weight excluding hydrogens is 670 g/mol. The standard InChI is InChI=1S/C39H30ClN5O4S/c40-29-17-10-12-26(22-29)23-33(42-37(47)28-15-6-2-7-16-28)38(48)41-30-18-11-21-32(24-30)50-36(27-13-4-1-5-14-27)39(49)43-34-25-35(46)45(44-34)31-19-8-3-9-20-31/h1-24,36H,25H2,(H,41,48)(H,42,47)(H,43,44,49)/b33-23-. The molecule has 1 unspecified atom stereocenters. The molecule has 0 radical (unpaired) electrons. The number of amidine groups is 1. The van der Waals surface area contributed by atoms with E-state index in [9.17, 15) is 19.2 Å². The first-order valence-electron chi connectivity index (χ1n) is 15.6. The first kappa shape index (κ1) is 33.9. The van der Waals surface area contributed by atoms with E-state index in [-0.39, 0.29) is 29.8 Å². The molecule has 1 heterocycles. The minimum atomic E-state index is -0.714. The fourth-order valence-electron chi connectivity index (χ4n) is 5.07. The lowest BCUT2D eigenvalue weighted by Crippen LogP contribution is -2.33. The van der Waals surface area contributed by atoms with Gasteiger partial charge in [0.25, 0.3) is 17.7 Å². The van der Waals surface area contributed by atoms with Gasteiger partial charge >= 0.3 is 0 Å². The number of benzene rings is 5. The Morgan fingerprint density at radius 3 is 2.18 bits per heavy atom. The predicted octanol–water partition coefficient (Wildman–Crippen LogP) is 7.45. The van der Waals surface area contributed by atoms with Crippen LogP contribution in [-0.2, 0) is 14.4 Å². The summed E-state index contributed by atoms with van der Waals surface area (Å²) in [7, 11) is 0. The fourth-order valence-corrected chi connectivity index (χ4v) is 6.35. The Kier molecular flexibility index (Phi) is 10.8. The second kappa shape index (κ2) is 16.0. The number of carbonyl (C=O) groups is 4. The van der Waals surface area contributed by atoms with Crippen LogP contribution in [0.3, 0.4) is 0 Å². The molecule has 9 nitrogen and oxygen atoms in total. The number of anilines is 2. The Bertz CT molecular complexity index is 2090. The van der Waals surface area contributed by atoms with Crippen LogP contribution in [0.15, 0.2) is 155 Å². The lowest BCUT2D eigenvalue weighted by Gasteiger charge is -2.17. The minimum Gasteiger partial charge on any atom is -0.321 e.